The summed E-state index contributed by atoms with van der Waals surface area (Å²) in [5.74, 6) is 1.96. The summed E-state index contributed by atoms with van der Waals surface area (Å²) in [4.78, 5) is 19.6. The van der Waals surface area contributed by atoms with E-state index in [1.807, 2.05) is 72.9 Å². The lowest BCUT2D eigenvalue weighted by molar-refractivity contribution is 1.08. The van der Waals surface area contributed by atoms with Crippen molar-refractivity contribution in [3.63, 3.8) is 0 Å². The molecule has 0 aliphatic carbocycles. The van der Waals surface area contributed by atoms with Crippen molar-refractivity contribution < 1.29 is 0 Å². The summed E-state index contributed by atoms with van der Waals surface area (Å²) in [6.45, 7) is 0. The number of nitrogens with zero attached hydrogens (tertiary/aromatic N) is 4. The maximum Gasteiger partial charge on any atom is 0.164 e. The second-order valence-corrected chi connectivity index (χ2v) is 11.9. The third kappa shape index (κ3) is 4.88. The first-order valence-corrected chi connectivity index (χ1v) is 16.1. The van der Waals surface area contributed by atoms with Gasteiger partial charge in [-0.05, 0) is 50.5 Å². The smallest absolute Gasteiger partial charge is 0.164 e. The molecule has 0 unspecified atom stereocenters. The second-order valence-electron chi connectivity index (χ2n) is 11.9. The molecule has 9 aromatic rings. The van der Waals surface area contributed by atoms with Gasteiger partial charge in [-0.2, -0.15) is 0 Å². The van der Waals surface area contributed by atoms with Crippen molar-refractivity contribution in [1.82, 2.24) is 19.9 Å². The van der Waals surface area contributed by atoms with E-state index in [9.17, 15) is 0 Å². The van der Waals surface area contributed by atoms with Crippen LogP contribution < -0.4 is 0 Å². The van der Waals surface area contributed by atoms with Gasteiger partial charge in [0.2, 0.25) is 0 Å². The van der Waals surface area contributed by atoms with Gasteiger partial charge >= 0.3 is 0 Å². The average molecular weight is 613 g/mol. The Morgan fingerprint density at radius 3 is 1.48 bits per heavy atom. The quantitative estimate of drug-likeness (QED) is 0.181. The molecule has 0 spiro atoms. The fourth-order valence-electron chi connectivity index (χ4n) is 6.66. The largest absolute Gasteiger partial charge is 0.256 e. The lowest BCUT2D eigenvalue weighted by atomic mass is 9.92. The summed E-state index contributed by atoms with van der Waals surface area (Å²) in [6, 6.07) is 56.9. The molecule has 2 heterocycles. The van der Waals surface area contributed by atoms with Crippen LogP contribution in [0.2, 0.25) is 0 Å². The molecule has 0 fully saturated rings. The van der Waals surface area contributed by atoms with Crippen LogP contribution in [0.1, 0.15) is 0 Å². The zero-order chi connectivity index (χ0) is 31.9. The molecule has 0 atom stereocenters. The molecule has 4 nitrogen and oxygen atoms in total. The number of rotatable bonds is 5. The molecule has 0 saturated heterocycles. The second kappa shape index (κ2) is 11.7. The summed E-state index contributed by atoms with van der Waals surface area (Å²) in [5.41, 5.74) is 8.60. The maximum atomic E-state index is 5.01. The van der Waals surface area contributed by atoms with Crippen molar-refractivity contribution in [3.05, 3.63) is 170 Å². The Balaban J connectivity index is 1.15. The SMILES string of the molecule is c1ccc(-c2nc(-c3ccccc3)nc(-c3ccc(-c4ccc(-c5cccc6c5ccc5cccnc56)cc4)c4ccccc34)n2)cc1. The Morgan fingerprint density at radius 1 is 0.292 bits per heavy atom. The van der Waals surface area contributed by atoms with E-state index in [0.29, 0.717) is 17.5 Å². The minimum atomic E-state index is 0.652. The van der Waals surface area contributed by atoms with Gasteiger partial charge in [0, 0.05) is 33.7 Å². The molecule has 0 N–H and O–H groups in total. The highest BCUT2D eigenvalue weighted by Crippen LogP contribution is 2.38. The summed E-state index contributed by atoms with van der Waals surface area (Å²) in [7, 11) is 0. The summed E-state index contributed by atoms with van der Waals surface area (Å²) in [6.07, 6.45) is 1.87. The number of hydrogen-bond acceptors (Lipinski definition) is 4. The molecule has 9 rings (SSSR count). The number of fused-ring (bicyclic) bond motifs is 4. The Labute approximate surface area is 278 Å². The van der Waals surface area contributed by atoms with Crippen molar-refractivity contribution in [3.8, 4) is 56.4 Å². The molecule has 0 radical (unpaired) electrons. The highest BCUT2D eigenvalue weighted by molar-refractivity contribution is 6.10. The van der Waals surface area contributed by atoms with Crippen LogP contribution in [0.4, 0.5) is 0 Å². The zero-order valence-corrected chi connectivity index (χ0v) is 26.0. The molecule has 0 aliphatic rings. The first-order valence-electron chi connectivity index (χ1n) is 16.1. The molecule has 2 aromatic heterocycles. The standard InChI is InChI=1S/C44H28N4/c1-3-11-32(12-4-1)42-46-43(33-13-5-2-6-14-33)48-44(47-42)40-27-26-35(36-16-7-8-17-37(36)40)30-22-20-29(21-23-30)34-18-9-19-39-38(34)25-24-31-15-10-28-45-41(31)39/h1-28H. The fraction of sp³-hybridized carbons (Fsp3) is 0. The van der Waals surface area contributed by atoms with E-state index < -0.39 is 0 Å². The molecule has 0 aliphatic heterocycles. The van der Waals surface area contributed by atoms with E-state index in [2.05, 4.69) is 102 Å². The number of benzene rings is 7. The van der Waals surface area contributed by atoms with E-state index in [-0.39, 0.29) is 0 Å². The summed E-state index contributed by atoms with van der Waals surface area (Å²) < 4.78 is 0. The Bertz CT molecular complexity index is 2540. The molecular formula is C44H28N4. The lowest BCUT2D eigenvalue weighted by Crippen LogP contribution is -2.00. The first-order chi connectivity index (χ1) is 23.8. The van der Waals surface area contributed by atoms with Gasteiger partial charge in [-0.1, -0.05) is 152 Å². The Kier molecular flexibility index (Phi) is 6.76. The van der Waals surface area contributed by atoms with Crippen LogP contribution in [0.15, 0.2) is 170 Å². The van der Waals surface area contributed by atoms with Crippen LogP contribution in [0.5, 0.6) is 0 Å². The predicted octanol–water partition coefficient (Wildman–Crippen LogP) is 11.1. The van der Waals surface area contributed by atoms with Crippen molar-refractivity contribution in [2.45, 2.75) is 0 Å². The van der Waals surface area contributed by atoms with Crippen LogP contribution in [0, 0.1) is 0 Å². The molecule has 48 heavy (non-hydrogen) atoms. The Hall–Kier alpha value is -6.52. The molecule has 224 valence electrons. The highest BCUT2D eigenvalue weighted by atomic mass is 15.0. The minimum absolute atomic E-state index is 0.652. The van der Waals surface area contributed by atoms with Crippen molar-refractivity contribution in [1.29, 1.82) is 0 Å². The van der Waals surface area contributed by atoms with Crippen molar-refractivity contribution >= 4 is 32.4 Å². The summed E-state index contributed by atoms with van der Waals surface area (Å²) >= 11 is 0. The van der Waals surface area contributed by atoms with Crippen molar-refractivity contribution in [2.75, 3.05) is 0 Å². The third-order valence-electron chi connectivity index (χ3n) is 9.00. The number of pyridine rings is 1. The van der Waals surface area contributed by atoms with Crippen LogP contribution >= 0.6 is 0 Å². The normalized spacial score (nSPS) is 11.3. The van der Waals surface area contributed by atoms with Crippen LogP contribution in [-0.4, -0.2) is 19.9 Å². The zero-order valence-electron chi connectivity index (χ0n) is 26.0. The average Bonchev–Trinajstić information content (AvgIpc) is 3.18. The highest BCUT2D eigenvalue weighted by Gasteiger charge is 2.16. The molecule has 0 amide bonds. The number of aromatic nitrogens is 4. The van der Waals surface area contributed by atoms with Gasteiger partial charge in [0.25, 0.3) is 0 Å². The van der Waals surface area contributed by atoms with Gasteiger partial charge in [-0.3, -0.25) is 4.98 Å². The van der Waals surface area contributed by atoms with E-state index in [0.717, 1.165) is 49.5 Å². The first kappa shape index (κ1) is 27.8. The maximum absolute atomic E-state index is 5.01. The van der Waals surface area contributed by atoms with Gasteiger partial charge in [0.15, 0.2) is 17.5 Å². The lowest BCUT2D eigenvalue weighted by Gasteiger charge is -2.14. The van der Waals surface area contributed by atoms with Crippen molar-refractivity contribution in [2.24, 2.45) is 0 Å². The fourth-order valence-corrected chi connectivity index (χ4v) is 6.66. The topological polar surface area (TPSA) is 51.6 Å². The predicted molar refractivity (Wildman–Crippen MR) is 197 cm³/mol. The molecular weight excluding hydrogens is 585 g/mol. The number of hydrogen-bond donors (Lipinski definition) is 0. The van der Waals surface area contributed by atoms with Crippen LogP contribution in [-0.2, 0) is 0 Å². The summed E-state index contributed by atoms with van der Waals surface area (Å²) in [5, 5.41) is 5.76. The van der Waals surface area contributed by atoms with E-state index >= 15 is 0 Å². The van der Waals surface area contributed by atoms with Crippen LogP contribution in [0.3, 0.4) is 0 Å². The molecule has 4 heteroatoms. The van der Waals surface area contributed by atoms with Gasteiger partial charge in [0.05, 0.1) is 5.52 Å². The molecule has 7 aromatic carbocycles. The molecule has 0 saturated carbocycles. The van der Waals surface area contributed by atoms with Gasteiger partial charge in [0.1, 0.15) is 0 Å². The minimum Gasteiger partial charge on any atom is -0.256 e. The van der Waals surface area contributed by atoms with Gasteiger partial charge in [-0.25, -0.2) is 15.0 Å². The van der Waals surface area contributed by atoms with E-state index in [1.165, 1.54) is 21.9 Å². The monoisotopic (exact) mass is 612 g/mol. The van der Waals surface area contributed by atoms with Gasteiger partial charge in [-0.15, -0.1) is 0 Å². The third-order valence-corrected chi connectivity index (χ3v) is 9.00. The van der Waals surface area contributed by atoms with Gasteiger partial charge < -0.3 is 0 Å². The molecule has 0 bridgehead atoms. The Morgan fingerprint density at radius 2 is 0.812 bits per heavy atom. The van der Waals surface area contributed by atoms with Crippen LogP contribution in [0.25, 0.3) is 88.9 Å². The van der Waals surface area contributed by atoms with E-state index in [1.54, 1.807) is 0 Å². The van der Waals surface area contributed by atoms with E-state index in [4.69, 9.17) is 15.0 Å².